The van der Waals surface area contributed by atoms with Gasteiger partial charge in [-0.05, 0) is 51.5 Å². The SMILES string of the molecule is O=C(O)c1cc(F)c(Br)c2c1CC1=C2CC(F)(F)CC1. The second kappa shape index (κ2) is 4.35. The standard InChI is InChI=1S/C14H10BrF3O2/c15-12-10(16)4-8(13(19)20)7-3-6-1-2-14(17,18)5-9(6)11(7)12/h4H,1-3,5H2,(H,19,20). The van der Waals surface area contributed by atoms with Gasteiger partial charge in [0.25, 0.3) is 5.92 Å². The molecule has 2 aliphatic rings. The van der Waals surface area contributed by atoms with Gasteiger partial charge in [-0.3, -0.25) is 0 Å². The molecule has 2 aliphatic carbocycles. The van der Waals surface area contributed by atoms with Gasteiger partial charge in [0.05, 0.1) is 10.0 Å². The van der Waals surface area contributed by atoms with Gasteiger partial charge < -0.3 is 5.11 Å². The number of allylic oxidation sites excluding steroid dienone is 2. The van der Waals surface area contributed by atoms with Crippen LogP contribution < -0.4 is 0 Å². The molecular formula is C14H10BrF3O2. The number of rotatable bonds is 1. The number of alkyl halides is 2. The minimum absolute atomic E-state index is 0.0835. The molecule has 0 bridgehead atoms. The third-order valence-corrected chi connectivity index (χ3v) is 4.68. The lowest BCUT2D eigenvalue weighted by atomic mass is 9.89. The number of benzene rings is 1. The fourth-order valence-corrected chi connectivity index (χ4v) is 3.58. The summed E-state index contributed by atoms with van der Waals surface area (Å²) in [6.45, 7) is 0. The first-order valence-corrected chi connectivity index (χ1v) is 6.93. The van der Waals surface area contributed by atoms with Crippen LogP contribution in [0.25, 0.3) is 5.57 Å². The number of carboxylic acid groups (broad SMARTS) is 1. The Morgan fingerprint density at radius 3 is 2.75 bits per heavy atom. The van der Waals surface area contributed by atoms with Crippen LogP contribution in [0.2, 0.25) is 0 Å². The summed E-state index contributed by atoms with van der Waals surface area (Å²) in [5.74, 6) is -4.78. The highest BCUT2D eigenvalue weighted by Crippen LogP contribution is 2.50. The molecule has 0 saturated carbocycles. The summed E-state index contributed by atoms with van der Waals surface area (Å²) in [5, 5.41) is 9.15. The predicted molar refractivity (Wildman–Crippen MR) is 70.5 cm³/mol. The van der Waals surface area contributed by atoms with Gasteiger partial charge in [-0.15, -0.1) is 0 Å². The summed E-state index contributed by atoms with van der Waals surface area (Å²) >= 11 is 3.07. The number of hydrogen-bond donors (Lipinski definition) is 1. The minimum Gasteiger partial charge on any atom is -0.478 e. The van der Waals surface area contributed by atoms with E-state index in [1.807, 2.05) is 0 Å². The third kappa shape index (κ3) is 1.97. The van der Waals surface area contributed by atoms with E-state index in [0.29, 0.717) is 23.1 Å². The molecule has 1 aromatic carbocycles. The van der Waals surface area contributed by atoms with Gasteiger partial charge in [0.2, 0.25) is 0 Å². The summed E-state index contributed by atoms with van der Waals surface area (Å²) in [6.07, 6.45) is -0.135. The lowest BCUT2D eigenvalue weighted by Gasteiger charge is -2.24. The first-order chi connectivity index (χ1) is 9.30. The highest BCUT2D eigenvalue weighted by atomic mass is 79.9. The number of carboxylic acids is 1. The van der Waals surface area contributed by atoms with Gasteiger partial charge >= 0.3 is 5.97 Å². The van der Waals surface area contributed by atoms with Crippen LogP contribution in [0.15, 0.2) is 16.1 Å². The van der Waals surface area contributed by atoms with Crippen molar-refractivity contribution in [1.29, 1.82) is 0 Å². The van der Waals surface area contributed by atoms with E-state index in [2.05, 4.69) is 15.9 Å². The highest BCUT2D eigenvalue weighted by molar-refractivity contribution is 9.10. The zero-order chi connectivity index (χ0) is 14.7. The Morgan fingerprint density at radius 1 is 1.40 bits per heavy atom. The molecule has 20 heavy (non-hydrogen) atoms. The van der Waals surface area contributed by atoms with E-state index >= 15 is 0 Å². The van der Waals surface area contributed by atoms with Crippen LogP contribution in [-0.4, -0.2) is 17.0 Å². The monoisotopic (exact) mass is 346 g/mol. The topological polar surface area (TPSA) is 37.3 Å². The van der Waals surface area contributed by atoms with Crippen molar-refractivity contribution >= 4 is 27.5 Å². The van der Waals surface area contributed by atoms with Crippen LogP contribution in [0.4, 0.5) is 13.2 Å². The lowest BCUT2D eigenvalue weighted by Crippen LogP contribution is -2.20. The smallest absolute Gasteiger partial charge is 0.336 e. The molecule has 1 N–H and O–H groups in total. The lowest BCUT2D eigenvalue weighted by molar-refractivity contribution is -0.00549. The van der Waals surface area contributed by atoms with Crippen LogP contribution in [-0.2, 0) is 6.42 Å². The molecule has 3 rings (SSSR count). The molecule has 6 heteroatoms. The van der Waals surface area contributed by atoms with Gasteiger partial charge in [-0.25, -0.2) is 18.0 Å². The van der Waals surface area contributed by atoms with Crippen molar-refractivity contribution in [3.05, 3.63) is 38.6 Å². The van der Waals surface area contributed by atoms with E-state index in [9.17, 15) is 18.0 Å². The third-order valence-electron chi connectivity index (χ3n) is 3.90. The van der Waals surface area contributed by atoms with Crippen LogP contribution >= 0.6 is 15.9 Å². The molecule has 0 amide bonds. The second-order valence-corrected chi connectivity index (χ2v) is 5.96. The molecule has 0 radical (unpaired) electrons. The largest absolute Gasteiger partial charge is 0.478 e. The molecule has 0 atom stereocenters. The molecule has 1 aromatic rings. The van der Waals surface area contributed by atoms with E-state index in [-0.39, 0.29) is 22.9 Å². The number of carbonyl (C=O) groups is 1. The van der Waals surface area contributed by atoms with Crippen molar-refractivity contribution in [2.24, 2.45) is 0 Å². The number of hydrogen-bond acceptors (Lipinski definition) is 1. The van der Waals surface area contributed by atoms with Gasteiger partial charge in [0.1, 0.15) is 5.82 Å². The Labute approximate surface area is 121 Å². The first-order valence-electron chi connectivity index (χ1n) is 6.13. The van der Waals surface area contributed by atoms with Gasteiger partial charge in [0, 0.05) is 12.8 Å². The highest BCUT2D eigenvalue weighted by Gasteiger charge is 2.41. The molecule has 0 unspecified atom stereocenters. The van der Waals surface area contributed by atoms with E-state index in [1.54, 1.807) is 0 Å². The summed E-state index contributed by atoms with van der Waals surface area (Å²) < 4.78 is 41.0. The average Bonchev–Trinajstić information content (AvgIpc) is 2.70. The van der Waals surface area contributed by atoms with E-state index in [1.165, 1.54) is 0 Å². The van der Waals surface area contributed by atoms with Gasteiger partial charge in [-0.2, -0.15) is 0 Å². The van der Waals surface area contributed by atoms with Gasteiger partial charge in [0.15, 0.2) is 0 Å². The molecule has 0 fully saturated rings. The Bertz CT molecular complexity index is 665. The fourth-order valence-electron chi connectivity index (χ4n) is 2.98. The van der Waals surface area contributed by atoms with Crippen molar-refractivity contribution in [3.63, 3.8) is 0 Å². The normalized spacial score (nSPS) is 19.8. The fraction of sp³-hybridized carbons (Fsp3) is 0.357. The first kappa shape index (κ1) is 13.7. The maximum absolute atomic E-state index is 13.8. The number of aromatic carboxylic acids is 1. The van der Waals surface area contributed by atoms with Crippen molar-refractivity contribution in [2.45, 2.75) is 31.6 Å². The van der Waals surface area contributed by atoms with Crippen molar-refractivity contribution in [1.82, 2.24) is 0 Å². The molecule has 0 heterocycles. The maximum atomic E-state index is 13.8. The summed E-state index contributed by atoms with van der Waals surface area (Å²) in [5.41, 5.74) is 1.83. The molecule has 106 valence electrons. The summed E-state index contributed by atoms with van der Waals surface area (Å²) in [4.78, 5) is 11.2. The number of fused-ring (bicyclic) bond motifs is 2. The van der Waals surface area contributed by atoms with E-state index < -0.39 is 24.1 Å². The molecule has 2 nitrogen and oxygen atoms in total. The predicted octanol–water partition coefficient (Wildman–Crippen LogP) is 4.42. The van der Waals surface area contributed by atoms with Crippen LogP contribution in [0, 0.1) is 5.82 Å². The Morgan fingerprint density at radius 2 is 2.10 bits per heavy atom. The van der Waals surface area contributed by atoms with E-state index in [0.717, 1.165) is 11.6 Å². The maximum Gasteiger partial charge on any atom is 0.336 e. The number of halogens is 4. The van der Waals surface area contributed by atoms with Gasteiger partial charge in [-0.1, -0.05) is 5.57 Å². The second-order valence-electron chi connectivity index (χ2n) is 5.17. The molecule has 0 aliphatic heterocycles. The molecular weight excluding hydrogens is 337 g/mol. The molecule has 0 saturated heterocycles. The summed E-state index contributed by atoms with van der Waals surface area (Å²) in [6, 6.07) is 0.946. The van der Waals surface area contributed by atoms with Crippen LogP contribution in [0.5, 0.6) is 0 Å². The van der Waals surface area contributed by atoms with Crippen molar-refractivity contribution < 1.29 is 23.1 Å². The molecule has 0 spiro atoms. The zero-order valence-corrected chi connectivity index (χ0v) is 11.9. The zero-order valence-electron chi connectivity index (χ0n) is 10.3. The summed E-state index contributed by atoms with van der Waals surface area (Å²) in [7, 11) is 0. The Hall–Kier alpha value is -1.30. The average molecular weight is 347 g/mol. The minimum atomic E-state index is -2.81. The van der Waals surface area contributed by atoms with Crippen molar-refractivity contribution in [3.8, 4) is 0 Å². The molecule has 0 aromatic heterocycles. The van der Waals surface area contributed by atoms with E-state index in [4.69, 9.17) is 5.11 Å². The Kier molecular flexibility index (Phi) is 2.97. The van der Waals surface area contributed by atoms with Crippen LogP contribution in [0.3, 0.4) is 0 Å². The quantitative estimate of drug-likeness (QED) is 0.817. The van der Waals surface area contributed by atoms with Crippen molar-refractivity contribution in [2.75, 3.05) is 0 Å². The van der Waals surface area contributed by atoms with Crippen LogP contribution in [0.1, 0.15) is 40.7 Å². The Balaban J connectivity index is 2.21.